The van der Waals surface area contributed by atoms with Gasteiger partial charge in [0.15, 0.2) is 6.10 Å². The molecule has 0 aliphatic carbocycles. The van der Waals surface area contributed by atoms with Gasteiger partial charge in [-0.25, -0.2) is 9.18 Å². The van der Waals surface area contributed by atoms with Crippen LogP contribution in [0.25, 0.3) is 0 Å². The van der Waals surface area contributed by atoms with E-state index >= 15 is 0 Å². The first kappa shape index (κ1) is 11.8. The van der Waals surface area contributed by atoms with Gasteiger partial charge in [-0.05, 0) is 18.6 Å². The molecule has 1 rings (SSSR count). The Morgan fingerprint density at radius 3 is 2.80 bits per heavy atom. The van der Waals surface area contributed by atoms with Crippen molar-refractivity contribution in [1.29, 1.82) is 0 Å². The maximum atomic E-state index is 12.8. The number of hydrogen-bond acceptors (Lipinski definition) is 2. The number of aliphatic carboxylic acids is 1. The van der Waals surface area contributed by atoms with Gasteiger partial charge in [-0.1, -0.05) is 18.5 Å². The largest absolute Gasteiger partial charge is 0.479 e. The monoisotopic (exact) mass is 232 g/mol. The van der Waals surface area contributed by atoms with Crippen LogP contribution in [0, 0.1) is 5.82 Å². The number of hydrogen-bond donors (Lipinski definition) is 1. The second-order valence-corrected chi connectivity index (χ2v) is 3.34. The van der Waals surface area contributed by atoms with Crippen LogP contribution in [0.4, 0.5) is 4.39 Å². The number of carbonyl (C=O) groups is 1. The molecule has 5 heteroatoms. The van der Waals surface area contributed by atoms with Crippen LogP contribution < -0.4 is 4.74 Å². The lowest BCUT2D eigenvalue weighted by Gasteiger charge is -2.13. The van der Waals surface area contributed by atoms with Crippen molar-refractivity contribution < 1.29 is 19.0 Å². The highest BCUT2D eigenvalue weighted by molar-refractivity contribution is 6.30. The van der Waals surface area contributed by atoms with Gasteiger partial charge in [0, 0.05) is 6.07 Å². The molecule has 0 aliphatic rings. The van der Waals surface area contributed by atoms with Gasteiger partial charge < -0.3 is 9.84 Å². The minimum absolute atomic E-state index is 0.0901. The van der Waals surface area contributed by atoms with Crippen LogP contribution in [0.15, 0.2) is 18.2 Å². The highest BCUT2D eigenvalue weighted by Crippen LogP contribution is 2.22. The molecule has 0 aromatic heterocycles. The summed E-state index contributed by atoms with van der Waals surface area (Å²) in [7, 11) is 0. The average molecular weight is 233 g/mol. The van der Waals surface area contributed by atoms with Crippen molar-refractivity contribution in [3.8, 4) is 5.75 Å². The normalized spacial score (nSPS) is 12.2. The van der Waals surface area contributed by atoms with Crippen LogP contribution in [-0.2, 0) is 4.79 Å². The van der Waals surface area contributed by atoms with Gasteiger partial charge in [-0.2, -0.15) is 0 Å². The van der Waals surface area contributed by atoms with E-state index in [1.165, 1.54) is 12.1 Å². The standard InChI is InChI=1S/C10H10ClFO3/c1-2-9(10(13)14)15-6-3-4-8(12)7(11)5-6/h3-5,9H,2H2,1H3,(H,13,14)/t9-/m1/s1. The van der Waals surface area contributed by atoms with Crippen molar-refractivity contribution in [3.63, 3.8) is 0 Å². The highest BCUT2D eigenvalue weighted by atomic mass is 35.5. The molecule has 1 aromatic carbocycles. The number of carboxylic acids is 1. The fourth-order valence-electron chi connectivity index (χ4n) is 1.02. The summed E-state index contributed by atoms with van der Waals surface area (Å²) >= 11 is 5.52. The van der Waals surface area contributed by atoms with E-state index in [4.69, 9.17) is 21.4 Å². The molecule has 0 heterocycles. The number of rotatable bonds is 4. The molecule has 0 bridgehead atoms. The fourth-order valence-corrected chi connectivity index (χ4v) is 1.19. The lowest BCUT2D eigenvalue weighted by atomic mass is 10.2. The molecule has 82 valence electrons. The molecule has 0 saturated carbocycles. The van der Waals surface area contributed by atoms with E-state index in [2.05, 4.69) is 0 Å². The molecular weight excluding hydrogens is 223 g/mol. The average Bonchev–Trinajstić information content (AvgIpc) is 2.19. The van der Waals surface area contributed by atoms with Crippen molar-refractivity contribution in [1.82, 2.24) is 0 Å². The Kier molecular flexibility index (Phi) is 3.91. The zero-order valence-electron chi connectivity index (χ0n) is 8.04. The van der Waals surface area contributed by atoms with Gasteiger partial charge >= 0.3 is 5.97 Å². The van der Waals surface area contributed by atoms with Crippen LogP contribution in [0.2, 0.25) is 5.02 Å². The number of carboxylic acid groups (broad SMARTS) is 1. The molecule has 0 fully saturated rings. The van der Waals surface area contributed by atoms with Gasteiger partial charge in [0.05, 0.1) is 5.02 Å². The number of ether oxygens (including phenoxy) is 1. The first-order valence-corrected chi connectivity index (χ1v) is 4.77. The summed E-state index contributed by atoms with van der Waals surface area (Å²) in [4.78, 5) is 10.7. The van der Waals surface area contributed by atoms with E-state index in [0.717, 1.165) is 6.07 Å². The van der Waals surface area contributed by atoms with Gasteiger partial charge in [0.2, 0.25) is 0 Å². The van der Waals surface area contributed by atoms with Crippen LogP contribution in [0.5, 0.6) is 5.75 Å². The maximum absolute atomic E-state index is 12.8. The molecule has 0 saturated heterocycles. The molecule has 0 amide bonds. The van der Waals surface area contributed by atoms with Gasteiger partial charge in [0.1, 0.15) is 11.6 Å². The summed E-state index contributed by atoms with van der Waals surface area (Å²) in [6.07, 6.45) is -0.615. The lowest BCUT2D eigenvalue weighted by Crippen LogP contribution is -2.25. The smallest absolute Gasteiger partial charge is 0.344 e. The molecular formula is C10H10ClFO3. The van der Waals surface area contributed by atoms with Crippen LogP contribution in [0.3, 0.4) is 0 Å². The minimum Gasteiger partial charge on any atom is -0.479 e. The Bertz CT molecular complexity index is 368. The topological polar surface area (TPSA) is 46.5 Å². The third kappa shape index (κ3) is 3.09. The second-order valence-electron chi connectivity index (χ2n) is 2.93. The Hall–Kier alpha value is -1.29. The first-order valence-electron chi connectivity index (χ1n) is 4.39. The van der Waals surface area contributed by atoms with E-state index in [0.29, 0.717) is 6.42 Å². The van der Waals surface area contributed by atoms with E-state index in [9.17, 15) is 9.18 Å². The predicted octanol–water partition coefficient (Wildman–Crippen LogP) is 2.72. The maximum Gasteiger partial charge on any atom is 0.344 e. The van der Waals surface area contributed by atoms with Crippen molar-refractivity contribution >= 4 is 17.6 Å². The molecule has 0 radical (unpaired) electrons. The number of benzene rings is 1. The van der Waals surface area contributed by atoms with Crippen molar-refractivity contribution in [2.24, 2.45) is 0 Å². The zero-order chi connectivity index (χ0) is 11.4. The Morgan fingerprint density at radius 1 is 1.67 bits per heavy atom. The summed E-state index contributed by atoms with van der Waals surface area (Å²) in [6.45, 7) is 1.68. The molecule has 1 N–H and O–H groups in total. The quantitative estimate of drug-likeness (QED) is 0.868. The lowest BCUT2D eigenvalue weighted by molar-refractivity contribution is -0.145. The van der Waals surface area contributed by atoms with Crippen LogP contribution in [-0.4, -0.2) is 17.2 Å². The molecule has 3 nitrogen and oxygen atoms in total. The summed E-state index contributed by atoms with van der Waals surface area (Å²) in [5, 5.41) is 8.64. The van der Waals surface area contributed by atoms with E-state index in [1.54, 1.807) is 6.92 Å². The first-order chi connectivity index (χ1) is 7.04. The van der Waals surface area contributed by atoms with E-state index in [-0.39, 0.29) is 10.8 Å². The van der Waals surface area contributed by atoms with Crippen LogP contribution in [0.1, 0.15) is 13.3 Å². The summed E-state index contributed by atoms with van der Waals surface area (Å²) in [5.41, 5.74) is 0. The molecule has 1 aromatic rings. The number of halogens is 2. The van der Waals surface area contributed by atoms with Gasteiger partial charge in [-0.3, -0.25) is 0 Å². The van der Waals surface area contributed by atoms with Crippen molar-refractivity contribution in [2.75, 3.05) is 0 Å². The van der Waals surface area contributed by atoms with E-state index in [1.807, 2.05) is 0 Å². The van der Waals surface area contributed by atoms with E-state index < -0.39 is 17.9 Å². The molecule has 1 atom stereocenters. The summed E-state index contributed by atoms with van der Waals surface area (Å²) in [6, 6.07) is 3.72. The molecule has 0 aliphatic heterocycles. The molecule has 15 heavy (non-hydrogen) atoms. The second kappa shape index (κ2) is 4.98. The SMILES string of the molecule is CC[C@@H](Oc1ccc(F)c(Cl)c1)C(=O)O. The van der Waals surface area contributed by atoms with Crippen molar-refractivity contribution in [3.05, 3.63) is 29.0 Å². The molecule has 0 spiro atoms. The van der Waals surface area contributed by atoms with Gasteiger partial charge in [-0.15, -0.1) is 0 Å². The highest BCUT2D eigenvalue weighted by Gasteiger charge is 2.17. The van der Waals surface area contributed by atoms with Crippen LogP contribution >= 0.6 is 11.6 Å². The Morgan fingerprint density at radius 2 is 2.33 bits per heavy atom. The fraction of sp³-hybridized carbons (Fsp3) is 0.300. The zero-order valence-corrected chi connectivity index (χ0v) is 8.79. The Labute approximate surface area is 91.4 Å². The van der Waals surface area contributed by atoms with Gasteiger partial charge in [0.25, 0.3) is 0 Å². The third-order valence-electron chi connectivity index (χ3n) is 1.82. The predicted molar refractivity (Wildman–Crippen MR) is 53.8 cm³/mol. The summed E-state index contributed by atoms with van der Waals surface area (Å²) in [5.74, 6) is -1.37. The third-order valence-corrected chi connectivity index (χ3v) is 2.11. The molecule has 0 unspecified atom stereocenters. The summed E-state index contributed by atoms with van der Waals surface area (Å²) < 4.78 is 17.9. The van der Waals surface area contributed by atoms with Crippen molar-refractivity contribution in [2.45, 2.75) is 19.4 Å². The minimum atomic E-state index is -1.06. The Balaban J connectivity index is 2.80.